The molecular formula is C11H11ClN2O2S. The number of carbonyl (C=O) groups excluding carboxylic acids is 1. The lowest BCUT2D eigenvalue weighted by Crippen LogP contribution is -2.17. The van der Waals surface area contributed by atoms with Gasteiger partial charge in [0.05, 0.1) is 23.2 Å². The number of esters is 1. The van der Waals surface area contributed by atoms with Crippen molar-refractivity contribution in [2.75, 3.05) is 7.11 Å². The van der Waals surface area contributed by atoms with Gasteiger partial charge in [0, 0.05) is 0 Å². The fraction of sp³-hybridized carbons (Fsp3) is 0.273. The lowest BCUT2D eigenvalue weighted by Gasteiger charge is -2.11. The Bertz CT molecular complexity index is 632. The van der Waals surface area contributed by atoms with Crippen molar-refractivity contribution < 1.29 is 9.53 Å². The first-order chi connectivity index (χ1) is 8.06. The van der Waals surface area contributed by atoms with Crippen molar-refractivity contribution in [1.82, 2.24) is 9.55 Å². The van der Waals surface area contributed by atoms with E-state index in [0.29, 0.717) is 9.79 Å². The topological polar surface area (TPSA) is 47.0 Å². The van der Waals surface area contributed by atoms with Crippen LogP contribution in [0.2, 0.25) is 5.02 Å². The van der Waals surface area contributed by atoms with Gasteiger partial charge in [-0.05, 0) is 31.3 Å². The number of hydrogen-bond donors (Lipinski definition) is 1. The van der Waals surface area contributed by atoms with E-state index in [1.165, 1.54) is 7.11 Å². The van der Waals surface area contributed by atoms with E-state index in [9.17, 15) is 4.79 Å². The van der Waals surface area contributed by atoms with Crippen LogP contribution >= 0.6 is 23.8 Å². The second-order valence-electron chi connectivity index (χ2n) is 3.63. The Morgan fingerprint density at radius 3 is 2.94 bits per heavy atom. The van der Waals surface area contributed by atoms with Gasteiger partial charge < -0.3 is 14.3 Å². The summed E-state index contributed by atoms with van der Waals surface area (Å²) in [5.74, 6) is -0.345. The predicted octanol–water partition coefficient (Wildman–Crippen LogP) is 3.09. The molecule has 1 atom stereocenters. The SMILES string of the molecule is COC(=O)C(C)n1c(=S)[nH]c2c(Cl)cccc21. The molecule has 1 unspecified atom stereocenters. The highest BCUT2D eigenvalue weighted by atomic mass is 35.5. The number of benzene rings is 1. The van der Waals surface area contributed by atoms with Gasteiger partial charge in [0.15, 0.2) is 4.77 Å². The minimum absolute atomic E-state index is 0.345. The minimum Gasteiger partial charge on any atom is -0.467 e. The predicted molar refractivity (Wildman–Crippen MR) is 68.9 cm³/mol. The molecule has 2 rings (SSSR count). The first-order valence-electron chi connectivity index (χ1n) is 5.03. The highest BCUT2D eigenvalue weighted by Gasteiger charge is 2.19. The third-order valence-electron chi connectivity index (χ3n) is 2.63. The molecule has 6 heteroatoms. The standard InChI is InChI=1S/C11H11ClN2O2S/c1-6(10(15)16-2)14-8-5-3-4-7(12)9(8)13-11(14)17/h3-6H,1-2H3,(H,13,17). The number of halogens is 1. The first-order valence-corrected chi connectivity index (χ1v) is 5.81. The summed E-state index contributed by atoms with van der Waals surface area (Å²) in [6.07, 6.45) is 0. The second-order valence-corrected chi connectivity index (χ2v) is 4.43. The molecule has 0 saturated heterocycles. The summed E-state index contributed by atoms with van der Waals surface area (Å²) in [6.45, 7) is 1.73. The van der Waals surface area contributed by atoms with E-state index >= 15 is 0 Å². The van der Waals surface area contributed by atoms with Gasteiger partial charge in [-0.3, -0.25) is 0 Å². The highest BCUT2D eigenvalue weighted by Crippen LogP contribution is 2.25. The van der Waals surface area contributed by atoms with Crippen molar-refractivity contribution in [3.05, 3.63) is 28.0 Å². The van der Waals surface area contributed by atoms with Crippen molar-refractivity contribution in [1.29, 1.82) is 0 Å². The summed E-state index contributed by atoms with van der Waals surface area (Å²) in [7, 11) is 1.35. The molecule has 1 heterocycles. The number of nitrogens with one attached hydrogen (secondary N) is 1. The Morgan fingerprint density at radius 2 is 2.29 bits per heavy atom. The number of methoxy groups -OCH3 is 1. The molecule has 0 amide bonds. The van der Waals surface area contributed by atoms with E-state index in [0.717, 1.165) is 11.0 Å². The molecule has 2 aromatic rings. The van der Waals surface area contributed by atoms with Crippen LogP contribution in [0.5, 0.6) is 0 Å². The Balaban J connectivity index is 2.70. The number of ether oxygens (including phenoxy) is 1. The zero-order valence-electron chi connectivity index (χ0n) is 9.36. The van der Waals surface area contributed by atoms with Gasteiger partial charge in [-0.2, -0.15) is 0 Å². The summed E-state index contributed by atoms with van der Waals surface area (Å²) in [5.41, 5.74) is 1.52. The highest BCUT2D eigenvalue weighted by molar-refractivity contribution is 7.71. The number of nitrogens with zero attached hydrogens (tertiary/aromatic N) is 1. The fourth-order valence-electron chi connectivity index (χ4n) is 1.77. The zero-order valence-corrected chi connectivity index (χ0v) is 10.9. The maximum Gasteiger partial charge on any atom is 0.328 e. The number of imidazole rings is 1. The van der Waals surface area contributed by atoms with Crippen LogP contribution in [-0.4, -0.2) is 22.6 Å². The van der Waals surface area contributed by atoms with Gasteiger partial charge in [-0.25, -0.2) is 4.79 Å². The summed E-state index contributed by atoms with van der Waals surface area (Å²) in [6, 6.07) is 4.95. The number of para-hydroxylation sites is 1. The van der Waals surface area contributed by atoms with E-state index < -0.39 is 6.04 Å². The number of aromatic amines is 1. The summed E-state index contributed by atoms with van der Waals surface area (Å²) in [4.78, 5) is 14.5. The lowest BCUT2D eigenvalue weighted by atomic mass is 10.3. The maximum absolute atomic E-state index is 11.6. The van der Waals surface area contributed by atoms with E-state index in [1.54, 1.807) is 17.6 Å². The first kappa shape index (κ1) is 12.1. The van der Waals surface area contributed by atoms with E-state index in [4.69, 9.17) is 28.6 Å². The maximum atomic E-state index is 11.6. The Morgan fingerprint density at radius 1 is 1.59 bits per heavy atom. The summed E-state index contributed by atoms with van der Waals surface area (Å²) in [5, 5.41) is 0.574. The summed E-state index contributed by atoms with van der Waals surface area (Å²) >= 11 is 11.3. The fourth-order valence-corrected chi connectivity index (χ4v) is 2.35. The monoisotopic (exact) mass is 270 g/mol. The van der Waals surface area contributed by atoms with E-state index in [2.05, 4.69) is 4.98 Å². The van der Waals surface area contributed by atoms with Crippen LogP contribution in [0.25, 0.3) is 11.0 Å². The van der Waals surface area contributed by atoms with Crippen LogP contribution in [0.1, 0.15) is 13.0 Å². The van der Waals surface area contributed by atoms with Gasteiger partial charge >= 0.3 is 5.97 Å². The largest absolute Gasteiger partial charge is 0.467 e. The zero-order chi connectivity index (χ0) is 12.6. The number of aromatic nitrogens is 2. The molecule has 0 aliphatic carbocycles. The van der Waals surface area contributed by atoms with Crippen LogP contribution in [-0.2, 0) is 9.53 Å². The molecule has 0 fully saturated rings. The average molecular weight is 271 g/mol. The Kier molecular flexibility index (Phi) is 3.22. The number of hydrogen-bond acceptors (Lipinski definition) is 3. The number of fused-ring (bicyclic) bond motifs is 1. The smallest absolute Gasteiger partial charge is 0.328 e. The van der Waals surface area contributed by atoms with Crippen molar-refractivity contribution >= 4 is 40.8 Å². The number of rotatable bonds is 2. The number of H-pyrrole nitrogens is 1. The molecule has 0 bridgehead atoms. The van der Waals surface area contributed by atoms with Gasteiger partial charge in [-0.15, -0.1) is 0 Å². The minimum atomic E-state index is -0.486. The molecule has 90 valence electrons. The van der Waals surface area contributed by atoms with E-state index in [-0.39, 0.29) is 5.97 Å². The molecule has 1 N–H and O–H groups in total. The van der Waals surface area contributed by atoms with Crippen molar-refractivity contribution in [3.63, 3.8) is 0 Å². The van der Waals surface area contributed by atoms with Gasteiger partial charge in [0.25, 0.3) is 0 Å². The molecule has 17 heavy (non-hydrogen) atoms. The molecule has 4 nitrogen and oxygen atoms in total. The van der Waals surface area contributed by atoms with Crippen LogP contribution in [0, 0.1) is 4.77 Å². The molecule has 0 spiro atoms. The molecule has 1 aromatic heterocycles. The van der Waals surface area contributed by atoms with Crippen LogP contribution < -0.4 is 0 Å². The van der Waals surface area contributed by atoms with Gasteiger partial charge in [-0.1, -0.05) is 17.7 Å². The van der Waals surface area contributed by atoms with E-state index in [1.807, 2.05) is 12.1 Å². The third kappa shape index (κ3) is 1.96. The normalized spacial score (nSPS) is 12.6. The van der Waals surface area contributed by atoms with Crippen molar-refractivity contribution in [2.24, 2.45) is 0 Å². The molecule has 0 aliphatic rings. The van der Waals surface area contributed by atoms with Crippen LogP contribution in [0.3, 0.4) is 0 Å². The van der Waals surface area contributed by atoms with Gasteiger partial charge in [0.2, 0.25) is 0 Å². The summed E-state index contributed by atoms with van der Waals surface area (Å²) < 4.78 is 6.86. The lowest BCUT2D eigenvalue weighted by molar-refractivity contribution is -0.143. The molecule has 0 saturated carbocycles. The molecule has 0 aliphatic heterocycles. The van der Waals surface area contributed by atoms with Crippen molar-refractivity contribution in [2.45, 2.75) is 13.0 Å². The Labute approximate surface area is 108 Å². The molecular weight excluding hydrogens is 260 g/mol. The van der Waals surface area contributed by atoms with Crippen LogP contribution in [0.4, 0.5) is 0 Å². The average Bonchev–Trinajstić information content (AvgIpc) is 2.65. The number of carbonyl (C=O) groups is 1. The second kappa shape index (κ2) is 4.50. The van der Waals surface area contributed by atoms with Gasteiger partial charge in [0.1, 0.15) is 6.04 Å². The van der Waals surface area contributed by atoms with Crippen LogP contribution in [0.15, 0.2) is 18.2 Å². The Hall–Kier alpha value is -1.33. The molecule has 1 aromatic carbocycles. The quantitative estimate of drug-likeness (QED) is 0.674. The third-order valence-corrected chi connectivity index (χ3v) is 3.25. The van der Waals surface area contributed by atoms with Crippen molar-refractivity contribution in [3.8, 4) is 0 Å². The molecule has 0 radical (unpaired) electrons.